The van der Waals surface area contributed by atoms with Crippen LogP contribution in [0.3, 0.4) is 0 Å². The lowest BCUT2D eigenvalue weighted by Gasteiger charge is -2.19. The van der Waals surface area contributed by atoms with Crippen LogP contribution >= 0.6 is 11.3 Å². The van der Waals surface area contributed by atoms with Crippen LogP contribution in [0.5, 0.6) is 0 Å². The normalized spacial score (nSPS) is 12.1. The number of hydrogen-bond donors (Lipinski definition) is 3. The van der Waals surface area contributed by atoms with Gasteiger partial charge in [-0.25, -0.2) is 4.79 Å². The molecule has 0 saturated heterocycles. The molecular weight excluding hydrogens is 260 g/mol. The first-order chi connectivity index (χ1) is 9.13. The van der Waals surface area contributed by atoms with E-state index in [0.717, 1.165) is 6.42 Å². The number of aromatic carboxylic acids is 1. The topological polar surface area (TPSA) is 75.3 Å². The fraction of sp³-hybridized carbons (Fsp3) is 0.214. The molecule has 0 fully saturated rings. The third-order valence-electron chi connectivity index (χ3n) is 2.94. The maximum absolute atomic E-state index is 11.2. The highest BCUT2D eigenvalue weighted by Gasteiger charge is 2.17. The minimum atomic E-state index is -0.976. The molecule has 1 atom stereocenters. The van der Waals surface area contributed by atoms with Crippen molar-refractivity contribution in [3.63, 3.8) is 0 Å². The predicted octanol–water partition coefficient (Wildman–Crippen LogP) is 3.59. The van der Waals surface area contributed by atoms with Gasteiger partial charge in [0.2, 0.25) is 0 Å². The Kier molecular flexibility index (Phi) is 4.06. The van der Waals surface area contributed by atoms with E-state index >= 15 is 0 Å². The summed E-state index contributed by atoms with van der Waals surface area (Å²) >= 11 is 1.64. The minimum Gasteiger partial charge on any atom is -0.478 e. The van der Waals surface area contributed by atoms with Gasteiger partial charge in [-0.2, -0.15) is 0 Å². The van der Waals surface area contributed by atoms with Crippen LogP contribution in [0.25, 0.3) is 0 Å². The van der Waals surface area contributed by atoms with Gasteiger partial charge in [0.1, 0.15) is 0 Å². The molecule has 0 bridgehead atoms. The molecule has 1 heterocycles. The van der Waals surface area contributed by atoms with Gasteiger partial charge in [-0.3, -0.25) is 0 Å². The van der Waals surface area contributed by atoms with Crippen molar-refractivity contribution in [3.05, 3.63) is 46.2 Å². The van der Waals surface area contributed by atoms with E-state index in [1.807, 2.05) is 17.5 Å². The molecule has 100 valence electrons. The van der Waals surface area contributed by atoms with Crippen LogP contribution in [0.15, 0.2) is 35.7 Å². The summed E-state index contributed by atoms with van der Waals surface area (Å²) in [6.07, 6.45) is 0.855. The Hall–Kier alpha value is -2.01. The average Bonchev–Trinajstić information content (AvgIpc) is 2.90. The summed E-state index contributed by atoms with van der Waals surface area (Å²) in [5.41, 5.74) is 7.05. The van der Waals surface area contributed by atoms with Crippen molar-refractivity contribution in [2.75, 3.05) is 11.1 Å². The molecule has 0 radical (unpaired) electrons. The van der Waals surface area contributed by atoms with Crippen molar-refractivity contribution in [1.82, 2.24) is 0 Å². The molecule has 5 heteroatoms. The Balaban J connectivity index is 2.34. The van der Waals surface area contributed by atoms with Crippen molar-refractivity contribution < 1.29 is 9.90 Å². The van der Waals surface area contributed by atoms with E-state index in [2.05, 4.69) is 12.2 Å². The third kappa shape index (κ3) is 2.88. The molecule has 0 spiro atoms. The number of carboxylic acid groups (broad SMARTS) is 1. The number of hydrogen-bond acceptors (Lipinski definition) is 4. The fourth-order valence-electron chi connectivity index (χ4n) is 1.95. The number of nitrogen functional groups attached to an aromatic ring is 1. The molecule has 0 saturated carbocycles. The SMILES string of the molecule is CCC(Nc1c(N)cccc1C(=O)O)c1cccs1. The zero-order chi connectivity index (χ0) is 13.8. The molecule has 4 nitrogen and oxygen atoms in total. The van der Waals surface area contributed by atoms with Gasteiger partial charge in [-0.1, -0.05) is 19.1 Å². The van der Waals surface area contributed by atoms with Crippen molar-refractivity contribution in [3.8, 4) is 0 Å². The first-order valence-corrected chi connectivity index (χ1v) is 6.93. The largest absolute Gasteiger partial charge is 0.478 e. The van der Waals surface area contributed by atoms with Crippen LogP contribution in [0, 0.1) is 0 Å². The number of carbonyl (C=O) groups is 1. The first-order valence-electron chi connectivity index (χ1n) is 6.05. The summed E-state index contributed by atoms with van der Waals surface area (Å²) in [7, 11) is 0. The highest BCUT2D eigenvalue weighted by atomic mass is 32.1. The molecule has 1 aromatic heterocycles. The summed E-state index contributed by atoms with van der Waals surface area (Å²) in [5.74, 6) is -0.976. The van der Waals surface area contributed by atoms with Gasteiger partial charge in [-0.15, -0.1) is 11.3 Å². The quantitative estimate of drug-likeness (QED) is 0.729. The lowest BCUT2D eigenvalue weighted by molar-refractivity contribution is 0.0698. The smallest absolute Gasteiger partial charge is 0.337 e. The van der Waals surface area contributed by atoms with Gasteiger partial charge in [0.15, 0.2) is 0 Å². The van der Waals surface area contributed by atoms with Gasteiger partial charge in [0.05, 0.1) is 23.0 Å². The van der Waals surface area contributed by atoms with Crippen LogP contribution in [0.4, 0.5) is 11.4 Å². The molecule has 0 amide bonds. The van der Waals surface area contributed by atoms with E-state index in [-0.39, 0.29) is 11.6 Å². The number of nitrogens with two attached hydrogens (primary N) is 1. The van der Waals surface area contributed by atoms with Gasteiger partial charge in [0.25, 0.3) is 0 Å². The molecule has 1 unspecified atom stereocenters. The number of para-hydroxylation sites is 1. The number of thiophene rings is 1. The lowest BCUT2D eigenvalue weighted by Crippen LogP contribution is -2.13. The summed E-state index contributed by atoms with van der Waals surface area (Å²) < 4.78 is 0. The van der Waals surface area contributed by atoms with E-state index < -0.39 is 5.97 Å². The molecule has 1 aromatic carbocycles. The van der Waals surface area contributed by atoms with Gasteiger partial charge >= 0.3 is 5.97 Å². The number of benzene rings is 1. The lowest BCUT2D eigenvalue weighted by atomic mass is 10.1. The second kappa shape index (κ2) is 5.75. The van der Waals surface area contributed by atoms with Crippen LogP contribution in [0.1, 0.15) is 34.6 Å². The zero-order valence-corrected chi connectivity index (χ0v) is 11.4. The zero-order valence-electron chi connectivity index (χ0n) is 10.6. The molecule has 0 aliphatic rings. The second-order valence-corrected chi connectivity index (χ2v) is 5.17. The number of carboxylic acids is 1. The first kappa shape index (κ1) is 13.4. The summed E-state index contributed by atoms with van der Waals surface area (Å²) in [6.45, 7) is 2.05. The Morgan fingerprint density at radius 2 is 2.21 bits per heavy atom. The third-order valence-corrected chi connectivity index (χ3v) is 3.93. The summed E-state index contributed by atoms with van der Waals surface area (Å²) in [5, 5.41) is 14.5. The molecule has 0 aliphatic carbocycles. The Bertz CT molecular complexity index is 567. The Morgan fingerprint density at radius 1 is 1.42 bits per heavy atom. The fourth-order valence-corrected chi connectivity index (χ4v) is 2.81. The minimum absolute atomic E-state index is 0.0720. The van der Waals surface area contributed by atoms with E-state index in [9.17, 15) is 9.90 Å². The van der Waals surface area contributed by atoms with Crippen LogP contribution in [-0.2, 0) is 0 Å². The second-order valence-electron chi connectivity index (χ2n) is 4.20. The van der Waals surface area contributed by atoms with E-state index in [0.29, 0.717) is 11.4 Å². The van der Waals surface area contributed by atoms with Crippen LogP contribution in [0.2, 0.25) is 0 Å². The molecule has 19 heavy (non-hydrogen) atoms. The average molecular weight is 276 g/mol. The number of anilines is 2. The van der Waals surface area contributed by atoms with Gasteiger partial charge in [0, 0.05) is 4.88 Å². The maximum atomic E-state index is 11.2. The van der Waals surface area contributed by atoms with E-state index in [1.54, 1.807) is 29.5 Å². The Labute approximate surface area is 115 Å². The Morgan fingerprint density at radius 3 is 2.79 bits per heavy atom. The molecule has 2 rings (SSSR count). The molecule has 4 N–H and O–H groups in total. The molecule has 2 aromatic rings. The van der Waals surface area contributed by atoms with Crippen LogP contribution in [-0.4, -0.2) is 11.1 Å². The van der Waals surface area contributed by atoms with Gasteiger partial charge < -0.3 is 16.2 Å². The molecular formula is C14H16N2O2S. The van der Waals surface area contributed by atoms with Crippen molar-refractivity contribution >= 4 is 28.7 Å². The van der Waals surface area contributed by atoms with Gasteiger partial charge in [-0.05, 0) is 30.0 Å². The predicted molar refractivity (Wildman–Crippen MR) is 78.8 cm³/mol. The number of rotatable bonds is 5. The molecule has 0 aliphatic heterocycles. The van der Waals surface area contributed by atoms with E-state index in [4.69, 9.17) is 5.73 Å². The monoisotopic (exact) mass is 276 g/mol. The highest BCUT2D eigenvalue weighted by molar-refractivity contribution is 7.10. The standard InChI is InChI=1S/C14H16N2O2S/c1-2-11(12-7-4-8-19-12)16-13-9(14(17)18)5-3-6-10(13)15/h3-8,11,16H,2,15H2,1H3,(H,17,18). The number of nitrogens with one attached hydrogen (secondary N) is 1. The summed E-state index contributed by atoms with van der Waals surface area (Å²) in [4.78, 5) is 12.4. The highest BCUT2D eigenvalue weighted by Crippen LogP contribution is 2.31. The van der Waals surface area contributed by atoms with Crippen molar-refractivity contribution in [1.29, 1.82) is 0 Å². The van der Waals surface area contributed by atoms with Crippen molar-refractivity contribution in [2.24, 2.45) is 0 Å². The maximum Gasteiger partial charge on any atom is 0.337 e. The van der Waals surface area contributed by atoms with E-state index in [1.165, 1.54) is 4.88 Å². The van der Waals surface area contributed by atoms with Crippen LogP contribution < -0.4 is 11.1 Å². The summed E-state index contributed by atoms with van der Waals surface area (Å²) in [6, 6.07) is 9.00. The van der Waals surface area contributed by atoms with Crippen molar-refractivity contribution in [2.45, 2.75) is 19.4 Å².